The van der Waals surface area contributed by atoms with Crippen LogP contribution < -0.4 is 5.73 Å². The second-order valence-corrected chi connectivity index (χ2v) is 4.89. The number of aromatic amines is 1. The van der Waals surface area contributed by atoms with Gasteiger partial charge in [-0.1, -0.05) is 0 Å². The van der Waals surface area contributed by atoms with Crippen LogP contribution in [0.2, 0.25) is 0 Å². The van der Waals surface area contributed by atoms with Gasteiger partial charge in [-0.05, 0) is 39.2 Å². The second kappa shape index (κ2) is 4.87. The summed E-state index contributed by atoms with van der Waals surface area (Å²) in [6.07, 6.45) is 3.76. The number of nitrogens with one attached hydrogen (secondary N) is 1. The van der Waals surface area contributed by atoms with Crippen molar-refractivity contribution in [2.45, 2.75) is 32.7 Å². The Kier molecular flexibility index (Phi) is 3.47. The highest BCUT2D eigenvalue weighted by Gasteiger charge is 2.29. The first-order chi connectivity index (χ1) is 8.13. The van der Waals surface area contributed by atoms with E-state index in [9.17, 15) is 4.79 Å². The lowest BCUT2D eigenvalue weighted by molar-refractivity contribution is 0.0566. The molecule has 3 N–H and O–H groups in total. The molecule has 0 bridgehead atoms. The summed E-state index contributed by atoms with van der Waals surface area (Å²) in [5, 5.41) is 6.71. The maximum atomic E-state index is 12.4. The molecule has 1 amide bonds. The number of nitrogens with zero attached hydrogens (tertiary/aromatic N) is 2. The molecule has 94 valence electrons. The van der Waals surface area contributed by atoms with Crippen molar-refractivity contribution >= 4 is 5.91 Å². The van der Waals surface area contributed by atoms with Crippen LogP contribution in [-0.4, -0.2) is 40.1 Å². The number of aryl methyl sites for hydroxylation is 1. The third kappa shape index (κ3) is 2.34. The summed E-state index contributed by atoms with van der Waals surface area (Å²) < 4.78 is 0. The van der Waals surface area contributed by atoms with Gasteiger partial charge in [0.25, 0.3) is 5.91 Å². The fourth-order valence-corrected chi connectivity index (χ4v) is 2.38. The van der Waals surface area contributed by atoms with Crippen molar-refractivity contribution in [3.63, 3.8) is 0 Å². The van der Waals surface area contributed by atoms with E-state index in [2.05, 4.69) is 17.1 Å². The maximum Gasteiger partial charge on any atom is 0.257 e. The largest absolute Gasteiger partial charge is 0.336 e. The molecule has 1 aliphatic heterocycles. The zero-order chi connectivity index (χ0) is 12.4. The number of piperidine rings is 1. The van der Waals surface area contributed by atoms with Gasteiger partial charge >= 0.3 is 0 Å². The van der Waals surface area contributed by atoms with Crippen LogP contribution in [0.15, 0.2) is 6.20 Å². The monoisotopic (exact) mass is 236 g/mol. The summed E-state index contributed by atoms with van der Waals surface area (Å²) in [7, 11) is 0. The van der Waals surface area contributed by atoms with E-state index in [1.165, 1.54) is 0 Å². The van der Waals surface area contributed by atoms with Crippen LogP contribution >= 0.6 is 0 Å². The molecule has 0 radical (unpaired) electrons. The van der Waals surface area contributed by atoms with Gasteiger partial charge in [-0.3, -0.25) is 9.89 Å². The van der Waals surface area contributed by atoms with E-state index in [1.807, 2.05) is 11.8 Å². The third-order valence-electron chi connectivity index (χ3n) is 3.63. The summed E-state index contributed by atoms with van der Waals surface area (Å²) in [4.78, 5) is 14.3. The number of likely N-dealkylation sites (tertiary alicyclic amines) is 1. The van der Waals surface area contributed by atoms with E-state index in [4.69, 9.17) is 5.73 Å². The summed E-state index contributed by atoms with van der Waals surface area (Å²) >= 11 is 0. The molecule has 2 rings (SSSR count). The van der Waals surface area contributed by atoms with E-state index in [1.54, 1.807) is 6.20 Å². The van der Waals surface area contributed by atoms with Crippen molar-refractivity contribution in [1.82, 2.24) is 15.1 Å². The number of aromatic nitrogens is 2. The van der Waals surface area contributed by atoms with Gasteiger partial charge in [-0.25, -0.2) is 0 Å². The Hall–Kier alpha value is -1.36. The molecule has 0 aliphatic carbocycles. The Morgan fingerprint density at radius 2 is 2.41 bits per heavy atom. The van der Waals surface area contributed by atoms with E-state index < -0.39 is 0 Å². The van der Waals surface area contributed by atoms with Gasteiger partial charge < -0.3 is 10.6 Å². The summed E-state index contributed by atoms with van der Waals surface area (Å²) in [5.41, 5.74) is 7.21. The lowest BCUT2D eigenvalue weighted by Gasteiger charge is -2.37. The number of H-pyrrole nitrogens is 1. The average molecular weight is 236 g/mol. The molecule has 1 aromatic heterocycles. The zero-order valence-electron chi connectivity index (χ0n) is 10.4. The molecule has 17 heavy (non-hydrogen) atoms. The molecule has 1 aromatic rings. The second-order valence-electron chi connectivity index (χ2n) is 4.89. The van der Waals surface area contributed by atoms with Crippen LogP contribution in [0.4, 0.5) is 0 Å². The van der Waals surface area contributed by atoms with E-state index >= 15 is 0 Å². The number of carbonyl (C=O) groups is 1. The van der Waals surface area contributed by atoms with Crippen LogP contribution in [0.1, 0.15) is 35.8 Å². The van der Waals surface area contributed by atoms with Gasteiger partial charge in [0, 0.05) is 18.3 Å². The predicted octanol–water partition coefficient (Wildman–Crippen LogP) is 0.918. The van der Waals surface area contributed by atoms with E-state index in [0.29, 0.717) is 24.1 Å². The van der Waals surface area contributed by atoms with Crippen molar-refractivity contribution < 1.29 is 4.79 Å². The van der Waals surface area contributed by atoms with Gasteiger partial charge in [0.15, 0.2) is 0 Å². The Balaban J connectivity index is 2.15. The fraction of sp³-hybridized carbons (Fsp3) is 0.667. The molecule has 1 saturated heterocycles. The van der Waals surface area contributed by atoms with Crippen molar-refractivity contribution in [3.8, 4) is 0 Å². The standard InChI is InChI=1S/C12H20N4O/c1-8-3-4-10(5-13)7-16(8)12(17)11-6-14-15-9(11)2/h6,8,10H,3-5,7,13H2,1-2H3,(H,14,15). The molecular weight excluding hydrogens is 216 g/mol. The quantitative estimate of drug-likeness (QED) is 0.801. The molecule has 1 aliphatic rings. The molecule has 0 aromatic carbocycles. The predicted molar refractivity (Wildman–Crippen MR) is 65.6 cm³/mol. The summed E-state index contributed by atoms with van der Waals surface area (Å²) in [5.74, 6) is 0.504. The van der Waals surface area contributed by atoms with Crippen molar-refractivity contribution in [3.05, 3.63) is 17.5 Å². The molecule has 0 saturated carbocycles. The number of hydrogen-bond donors (Lipinski definition) is 2. The first-order valence-electron chi connectivity index (χ1n) is 6.14. The third-order valence-corrected chi connectivity index (χ3v) is 3.63. The van der Waals surface area contributed by atoms with Crippen LogP contribution in [0.5, 0.6) is 0 Å². The number of rotatable bonds is 2. The molecular formula is C12H20N4O. The van der Waals surface area contributed by atoms with Gasteiger partial charge in [-0.15, -0.1) is 0 Å². The molecule has 5 nitrogen and oxygen atoms in total. The normalized spacial score (nSPS) is 25.0. The highest BCUT2D eigenvalue weighted by Crippen LogP contribution is 2.23. The zero-order valence-corrected chi connectivity index (χ0v) is 10.4. The molecule has 2 atom stereocenters. The van der Waals surface area contributed by atoms with Gasteiger partial charge in [-0.2, -0.15) is 5.10 Å². The van der Waals surface area contributed by atoms with Gasteiger partial charge in [0.05, 0.1) is 11.8 Å². The molecule has 2 unspecified atom stereocenters. The first-order valence-corrected chi connectivity index (χ1v) is 6.14. The van der Waals surface area contributed by atoms with E-state index in [0.717, 1.165) is 25.1 Å². The fourth-order valence-electron chi connectivity index (χ4n) is 2.38. The van der Waals surface area contributed by atoms with Gasteiger partial charge in [0.1, 0.15) is 0 Å². The first kappa shape index (κ1) is 12.1. The van der Waals surface area contributed by atoms with Crippen LogP contribution in [-0.2, 0) is 0 Å². The van der Waals surface area contributed by atoms with Crippen LogP contribution in [0.3, 0.4) is 0 Å². The Bertz CT molecular complexity index is 401. The molecule has 0 spiro atoms. The summed E-state index contributed by atoms with van der Waals surface area (Å²) in [6.45, 7) is 5.39. The Morgan fingerprint density at radius 3 is 3.00 bits per heavy atom. The van der Waals surface area contributed by atoms with E-state index in [-0.39, 0.29) is 5.91 Å². The minimum atomic E-state index is 0.0712. The number of hydrogen-bond acceptors (Lipinski definition) is 3. The van der Waals surface area contributed by atoms with Crippen molar-refractivity contribution in [2.75, 3.05) is 13.1 Å². The van der Waals surface area contributed by atoms with Crippen molar-refractivity contribution in [1.29, 1.82) is 0 Å². The average Bonchev–Trinajstić information content (AvgIpc) is 2.75. The number of carbonyl (C=O) groups excluding carboxylic acids is 1. The van der Waals surface area contributed by atoms with Crippen LogP contribution in [0, 0.1) is 12.8 Å². The van der Waals surface area contributed by atoms with Crippen LogP contribution in [0.25, 0.3) is 0 Å². The van der Waals surface area contributed by atoms with Gasteiger partial charge in [0.2, 0.25) is 0 Å². The lowest BCUT2D eigenvalue weighted by atomic mass is 9.93. The maximum absolute atomic E-state index is 12.4. The number of amides is 1. The Morgan fingerprint density at radius 1 is 1.65 bits per heavy atom. The highest BCUT2D eigenvalue weighted by atomic mass is 16.2. The molecule has 2 heterocycles. The highest BCUT2D eigenvalue weighted by molar-refractivity contribution is 5.95. The summed E-state index contributed by atoms with van der Waals surface area (Å²) in [6, 6.07) is 0.291. The minimum Gasteiger partial charge on any atom is -0.336 e. The SMILES string of the molecule is Cc1[nH]ncc1C(=O)N1CC(CN)CCC1C. The topological polar surface area (TPSA) is 75.0 Å². The molecule has 1 fully saturated rings. The number of nitrogens with two attached hydrogens (primary N) is 1. The Labute approximate surface area is 101 Å². The molecule has 5 heteroatoms. The lowest BCUT2D eigenvalue weighted by Crippen LogP contribution is -2.47. The smallest absolute Gasteiger partial charge is 0.257 e. The van der Waals surface area contributed by atoms with Crippen molar-refractivity contribution in [2.24, 2.45) is 11.7 Å². The minimum absolute atomic E-state index is 0.0712.